The minimum absolute atomic E-state index is 0.155. The summed E-state index contributed by atoms with van der Waals surface area (Å²) < 4.78 is 9.87. The first-order valence-corrected chi connectivity index (χ1v) is 6.15. The van der Waals surface area contributed by atoms with E-state index in [1.54, 1.807) is 13.8 Å². The lowest BCUT2D eigenvalue weighted by Crippen LogP contribution is -2.39. The molecular weight excluding hydrogens is 236 g/mol. The summed E-state index contributed by atoms with van der Waals surface area (Å²) in [4.78, 5) is 24.9. The molecule has 1 unspecified atom stereocenters. The van der Waals surface area contributed by atoms with Crippen molar-refractivity contribution < 1.29 is 19.1 Å². The summed E-state index contributed by atoms with van der Waals surface area (Å²) in [5.41, 5.74) is 6.68. The first-order valence-electron chi connectivity index (χ1n) is 6.15. The molecule has 102 valence electrons. The topological polar surface area (TPSA) is 81.9 Å². The highest BCUT2D eigenvalue weighted by molar-refractivity contribution is 5.92. The highest BCUT2D eigenvalue weighted by Gasteiger charge is 2.37. The minimum atomic E-state index is -0.458. The van der Waals surface area contributed by atoms with Gasteiger partial charge in [0.25, 0.3) is 0 Å². The number of carbonyl (C=O) groups excluding carboxylic acids is 2. The van der Waals surface area contributed by atoms with E-state index in [4.69, 9.17) is 15.2 Å². The van der Waals surface area contributed by atoms with Gasteiger partial charge in [0.2, 0.25) is 0 Å². The second-order valence-corrected chi connectivity index (χ2v) is 3.91. The molecule has 6 heteroatoms. The zero-order valence-electron chi connectivity index (χ0n) is 11.1. The zero-order chi connectivity index (χ0) is 13.7. The summed E-state index contributed by atoms with van der Waals surface area (Å²) in [6, 6.07) is -0.288. The van der Waals surface area contributed by atoms with Gasteiger partial charge in [-0.05, 0) is 20.3 Å². The van der Waals surface area contributed by atoms with E-state index in [0.717, 1.165) is 0 Å². The molecule has 1 amide bonds. The predicted molar refractivity (Wildman–Crippen MR) is 65.7 cm³/mol. The quantitative estimate of drug-likeness (QED) is 0.759. The number of amides is 1. The van der Waals surface area contributed by atoms with Crippen molar-refractivity contribution in [2.24, 2.45) is 5.73 Å². The van der Waals surface area contributed by atoms with Crippen LogP contribution < -0.4 is 5.73 Å². The lowest BCUT2D eigenvalue weighted by molar-refractivity contribution is -0.138. The fourth-order valence-electron chi connectivity index (χ4n) is 1.98. The molecule has 0 aromatic heterocycles. The SMILES string of the molecule is CCOC(=O)C1=C(N)C(CC)N(C(=O)OCC)C1. The molecule has 0 aromatic carbocycles. The van der Waals surface area contributed by atoms with Crippen LogP contribution in [0.25, 0.3) is 0 Å². The fourth-order valence-corrected chi connectivity index (χ4v) is 1.98. The second kappa shape index (κ2) is 6.28. The molecule has 0 spiro atoms. The van der Waals surface area contributed by atoms with Crippen LogP contribution in [0.2, 0.25) is 0 Å². The van der Waals surface area contributed by atoms with Crippen molar-refractivity contribution in [2.45, 2.75) is 33.2 Å². The number of ether oxygens (including phenoxy) is 2. The van der Waals surface area contributed by atoms with Gasteiger partial charge in [-0.3, -0.25) is 4.90 Å². The molecule has 1 atom stereocenters. The Labute approximate surface area is 107 Å². The summed E-state index contributed by atoms with van der Waals surface area (Å²) in [6.07, 6.45) is 0.180. The first kappa shape index (κ1) is 14.3. The molecule has 0 aliphatic carbocycles. The standard InChI is InChI=1S/C12H20N2O4/c1-4-9-10(13)8(11(15)17-5-2)7-14(9)12(16)18-6-3/h9H,4-7,13H2,1-3H3. The van der Waals surface area contributed by atoms with E-state index in [9.17, 15) is 9.59 Å². The summed E-state index contributed by atoms with van der Waals surface area (Å²) in [6.45, 7) is 6.09. The van der Waals surface area contributed by atoms with Crippen molar-refractivity contribution in [3.63, 3.8) is 0 Å². The van der Waals surface area contributed by atoms with Crippen molar-refractivity contribution in [3.8, 4) is 0 Å². The van der Waals surface area contributed by atoms with Gasteiger partial charge in [0.05, 0.1) is 31.4 Å². The smallest absolute Gasteiger partial charge is 0.410 e. The molecule has 0 bridgehead atoms. The van der Waals surface area contributed by atoms with E-state index >= 15 is 0 Å². The molecule has 1 rings (SSSR count). The van der Waals surface area contributed by atoms with Gasteiger partial charge in [-0.1, -0.05) is 6.92 Å². The van der Waals surface area contributed by atoms with Crippen LogP contribution in [0.4, 0.5) is 4.79 Å². The normalized spacial score (nSPS) is 19.1. The Bertz CT molecular complexity index is 365. The van der Waals surface area contributed by atoms with Crippen LogP contribution in [0.5, 0.6) is 0 Å². The monoisotopic (exact) mass is 256 g/mol. The predicted octanol–water partition coefficient (Wildman–Crippen LogP) is 1.01. The van der Waals surface area contributed by atoms with Crippen LogP contribution in [0, 0.1) is 0 Å². The molecule has 6 nitrogen and oxygen atoms in total. The Morgan fingerprint density at radius 3 is 2.39 bits per heavy atom. The highest BCUT2D eigenvalue weighted by atomic mass is 16.6. The van der Waals surface area contributed by atoms with E-state index in [1.807, 2.05) is 6.92 Å². The Kier molecular flexibility index (Phi) is 5.00. The molecule has 0 fully saturated rings. The first-order chi connectivity index (χ1) is 8.56. The maximum atomic E-state index is 11.8. The molecule has 1 heterocycles. The number of nitrogens with two attached hydrogens (primary N) is 1. The Balaban J connectivity index is 2.86. The summed E-state index contributed by atoms with van der Waals surface area (Å²) in [5.74, 6) is -0.458. The van der Waals surface area contributed by atoms with Crippen LogP contribution in [-0.4, -0.2) is 42.8 Å². The van der Waals surface area contributed by atoms with Crippen molar-refractivity contribution in [2.75, 3.05) is 19.8 Å². The average molecular weight is 256 g/mol. The van der Waals surface area contributed by atoms with Crippen molar-refractivity contribution >= 4 is 12.1 Å². The Morgan fingerprint density at radius 2 is 1.89 bits per heavy atom. The minimum Gasteiger partial charge on any atom is -0.463 e. The number of rotatable bonds is 4. The van der Waals surface area contributed by atoms with E-state index in [-0.39, 0.29) is 19.2 Å². The third-order valence-electron chi connectivity index (χ3n) is 2.82. The average Bonchev–Trinajstić information content (AvgIpc) is 2.67. The van der Waals surface area contributed by atoms with Gasteiger partial charge in [0.1, 0.15) is 0 Å². The van der Waals surface area contributed by atoms with E-state index in [2.05, 4.69) is 0 Å². The van der Waals surface area contributed by atoms with Crippen LogP contribution in [-0.2, 0) is 14.3 Å². The van der Waals surface area contributed by atoms with E-state index in [1.165, 1.54) is 4.90 Å². The third kappa shape index (κ3) is 2.75. The second-order valence-electron chi connectivity index (χ2n) is 3.91. The molecule has 0 radical (unpaired) electrons. The molecular formula is C12H20N2O4. The van der Waals surface area contributed by atoms with Gasteiger partial charge >= 0.3 is 12.1 Å². The number of carbonyl (C=O) groups is 2. The summed E-state index contributed by atoms with van der Waals surface area (Å²) in [7, 11) is 0. The molecule has 1 aliphatic rings. The van der Waals surface area contributed by atoms with Crippen LogP contribution in [0.15, 0.2) is 11.3 Å². The number of esters is 1. The number of hydrogen-bond acceptors (Lipinski definition) is 5. The fraction of sp³-hybridized carbons (Fsp3) is 0.667. The Hall–Kier alpha value is -1.72. The van der Waals surface area contributed by atoms with Gasteiger partial charge in [-0.15, -0.1) is 0 Å². The molecule has 18 heavy (non-hydrogen) atoms. The highest BCUT2D eigenvalue weighted by Crippen LogP contribution is 2.25. The van der Waals surface area contributed by atoms with Crippen LogP contribution in [0.1, 0.15) is 27.2 Å². The number of nitrogens with zero attached hydrogens (tertiary/aromatic N) is 1. The van der Waals surface area contributed by atoms with Gasteiger partial charge in [0.15, 0.2) is 0 Å². The summed E-state index contributed by atoms with van der Waals surface area (Å²) in [5, 5.41) is 0. The lowest BCUT2D eigenvalue weighted by Gasteiger charge is -2.23. The lowest BCUT2D eigenvalue weighted by atomic mass is 10.1. The Morgan fingerprint density at radius 1 is 1.28 bits per heavy atom. The zero-order valence-corrected chi connectivity index (χ0v) is 11.1. The molecule has 0 saturated carbocycles. The van der Waals surface area contributed by atoms with Crippen molar-refractivity contribution in [1.82, 2.24) is 4.90 Å². The van der Waals surface area contributed by atoms with Gasteiger partial charge in [0, 0.05) is 5.70 Å². The van der Waals surface area contributed by atoms with Gasteiger partial charge in [-0.2, -0.15) is 0 Å². The molecule has 1 aliphatic heterocycles. The van der Waals surface area contributed by atoms with Crippen LogP contribution in [0.3, 0.4) is 0 Å². The summed E-state index contributed by atoms with van der Waals surface area (Å²) >= 11 is 0. The third-order valence-corrected chi connectivity index (χ3v) is 2.82. The van der Waals surface area contributed by atoms with Gasteiger partial charge < -0.3 is 15.2 Å². The maximum Gasteiger partial charge on any atom is 0.410 e. The molecule has 2 N–H and O–H groups in total. The van der Waals surface area contributed by atoms with Crippen molar-refractivity contribution in [1.29, 1.82) is 0 Å². The molecule has 0 aromatic rings. The largest absolute Gasteiger partial charge is 0.463 e. The maximum absolute atomic E-state index is 11.8. The van der Waals surface area contributed by atoms with E-state index < -0.39 is 12.1 Å². The van der Waals surface area contributed by atoms with Gasteiger partial charge in [-0.25, -0.2) is 9.59 Å². The number of hydrogen-bond donors (Lipinski definition) is 1. The van der Waals surface area contributed by atoms with Crippen LogP contribution >= 0.6 is 0 Å². The molecule has 0 saturated heterocycles. The van der Waals surface area contributed by atoms with Crippen molar-refractivity contribution in [3.05, 3.63) is 11.3 Å². The van der Waals surface area contributed by atoms with E-state index in [0.29, 0.717) is 24.3 Å².